The SMILES string of the molecule is C[C@H]1[C@H]([Si](C)(C)O)[C@@H](CC(=O)N2Cc3ccccc3C[C@H]2CO)O[C@]12C(=O)N(Cc1cccc(N3C(=O)c4ccccc4Oc4ccccc43)c1)c1ccc(Br)cc12. The fraction of sp³-hybridized carbons (Fsp3) is 0.283. The molecule has 4 aliphatic heterocycles. The van der Waals surface area contributed by atoms with Gasteiger partial charge in [0.25, 0.3) is 11.8 Å². The van der Waals surface area contributed by atoms with E-state index in [4.69, 9.17) is 9.47 Å². The highest BCUT2D eigenvalue weighted by atomic mass is 79.9. The maximum atomic E-state index is 15.2. The maximum Gasteiger partial charge on any atom is 0.266 e. The van der Waals surface area contributed by atoms with E-state index in [9.17, 15) is 19.5 Å². The maximum absolute atomic E-state index is 15.2. The van der Waals surface area contributed by atoms with Gasteiger partial charge in [0, 0.05) is 33.7 Å². The molecular formula is C46H44BrN3O7Si. The predicted molar refractivity (Wildman–Crippen MR) is 227 cm³/mol. The van der Waals surface area contributed by atoms with E-state index < -0.39 is 31.5 Å². The quantitative estimate of drug-likeness (QED) is 0.159. The molecule has 296 valence electrons. The van der Waals surface area contributed by atoms with Gasteiger partial charge in [-0.1, -0.05) is 83.5 Å². The normalized spacial score (nSPS) is 23.6. The van der Waals surface area contributed by atoms with Crippen LogP contribution in [0, 0.1) is 5.92 Å². The van der Waals surface area contributed by atoms with Crippen LogP contribution < -0.4 is 14.5 Å². The summed E-state index contributed by atoms with van der Waals surface area (Å²) < 4.78 is 14.0. The predicted octanol–water partition coefficient (Wildman–Crippen LogP) is 8.21. The molecule has 0 bridgehead atoms. The number of aliphatic hydroxyl groups is 1. The third kappa shape index (κ3) is 6.29. The summed E-state index contributed by atoms with van der Waals surface area (Å²) in [6, 6.07) is 35.5. The molecule has 10 nitrogen and oxygen atoms in total. The minimum Gasteiger partial charge on any atom is -0.454 e. The lowest BCUT2D eigenvalue weighted by atomic mass is 9.82. The highest BCUT2D eigenvalue weighted by Crippen LogP contribution is 2.60. The molecule has 4 heterocycles. The van der Waals surface area contributed by atoms with Crippen molar-refractivity contribution in [3.8, 4) is 11.5 Å². The van der Waals surface area contributed by atoms with Crippen molar-refractivity contribution in [3.05, 3.63) is 148 Å². The van der Waals surface area contributed by atoms with Crippen LogP contribution in [0.15, 0.2) is 120 Å². The monoisotopic (exact) mass is 857 g/mol. The summed E-state index contributed by atoms with van der Waals surface area (Å²) in [5.41, 5.74) is 4.02. The molecule has 0 saturated carbocycles. The topological polar surface area (TPSA) is 120 Å². The van der Waals surface area contributed by atoms with Crippen LogP contribution in [-0.4, -0.2) is 59.6 Å². The molecule has 0 unspecified atom stereocenters. The number of carbonyl (C=O) groups excluding carboxylic acids is 3. The third-order valence-corrected chi connectivity index (χ3v) is 15.4. The second-order valence-corrected chi connectivity index (χ2v) is 21.2. The lowest BCUT2D eigenvalue weighted by molar-refractivity contribution is -0.151. The molecule has 12 heteroatoms. The zero-order valence-corrected chi connectivity index (χ0v) is 35.1. The zero-order chi connectivity index (χ0) is 40.5. The minimum absolute atomic E-state index is 0.0384. The number of carbonyl (C=O) groups is 3. The molecule has 2 N–H and O–H groups in total. The van der Waals surface area contributed by atoms with Crippen LogP contribution in [0.5, 0.6) is 11.5 Å². The van der Waals surface area contributed by atoms with Crippen molar-refractivity contribution >= 4 is 59.0 Å². The van der Waals surface area contributed by atoms with Crippen LogP contribution in [0.2, 0.25) is 18.6 Å². The van der Waals surface area contributed by atoms with Crippen molar-refractivity contribution in [2.45, 2.75) is 69.2 Å². The summed E-state index contributed by atoms with van der Waals surface area (Å²) >= 11 is 3.64. The van der Waals surface area contributed by atoms with Gasteiger partial charge in [-0.3, -0.25) is 19.3 Å². The molecule has 5 aromatic carbocycles. The van der Waals surface area contributed by atoms with E-state index in [1.54, 1.807) is 26.8 Å². The number of benzene rings is 5. The number of fused-ring (bicyclic) bond motifs is 5. The Morgan fingerprint density at radius 3 is 2.38 bits per heavy atom. The van der Waals surface area contributed by atoms with Crippen molar-refractivity contribution in [2.24, 2.45) is 5.92 Å². The van der Waals surface area contributed by atoms with E-state index in [-0.39, 0.29) is 43.3 Å². The zero-order valence-electron chi connectivity index (χ0n) is 32.5. The molecule has 5 atom stereocenters. The Morgan fingerprint density at radius 2 is 1.60 bits per heavy atom. The van der Waals surface area contributed by atoms with E-state index in [0.29, 0.717) is 52.7 Å². The standard InChI is InChI=1S/C46H44BrN3O7Si/c1-28-43(58(2,3)55)41(24-42(52)48-26-31-13-5-4-12-30(31)22-34(48)27-51)57-46(28)36-23-32(47)19-20-37(36)49(45(46)54)25-29-11-10-14-33(21-29)50-38-16-7-9-18-40(38)56-39-17-8-6-15-35(39)44(50)53/h4-21,23,28,34,41,43,51,55H,22,24-27H2,1-3H3/t28-,34-,41+,43-,46+/m0/s1. The first kappa shape index (κ1) is 38.4. The van der Waals surface area contributed by atoms with Crippen molar-refractivity contribution in [2.75, 3.05) is 16.4 Å². The molecule has 9 rings (SSSR count). The summed E-state index contributed by atoms with van der Waals surface area (Å²) in [7, 11) is -3.07. The molecule has 1 spiro atoms. The summed E-state index contributed by atoms with van der Waals surface area (Å²) in [6.07, 6.45) is -0.240. The van der Waals surface area contributed by atoms with Crippen LogP contribution in [0.3, 0.4) is 0 Å². The van der Waals surface area contributed by atoms with Crippen LogP contribution >= 0.6 is 15.9 Å². The van der Waals surface area contributed by atoms with Gasteiger partial charge < -0.3 is 29.2 Å². The van der Waals surface area contributed by atoms with Crippen LogP contribution in [0.4, 0.5) is 17.1 Å². The number of ether oxygens (including phenoxy) is 2. The van der Waals surface area contributed by atoms with Gasteiger partial charge in [0.15, 0.2) is 19.7 Å². The van der Waals surface area contributed by atoms with E-state index in [1.165, 1.54) is 0 Å². The fourth-order valence-corrected chi connectivity index (χ4v) is 12.7. The number of aliphatic hydroxyl groups excluding tert-OH is 1. The summed E-state index contributed by atoms with van der Waals surface area (Å²) in [5.74, 6) is -0.145. The molecule has 5 aromatic rings. The first-order valence-electron chi connectivity index (χ1n) is 19.7. The second kappa shape index (κ2) is 14.6. The Hall–Kier alpha value is -5.11. The number of hydrogen-bond donors (Lipinski definition) is 2. The van der Waals surface area contributed by atoms with Crippen LogP contribution in [0.25, 0.3) is 0 Å². The van der Waals surface area contributed by atoms with Gasteiger partial charge in [-0.2, -0.15) is 0 Å². The van der Waals surface area contributed by atoms with Gasteiger partial charge in [0.2, 0.25) is 5.91 Å². The van der Waals surface area contributed by atoms with Gasteiger partial charge in [-0.15, -0.1) is 0 Å². The lowest BCUT2D eigenvalue weighted by Crippen LogP contribution is -2.48. The first-order chi connectivity index (χ1) is 27.9. The largest absolute Gasteiger partial charge is 0.454 e. The second-order valence-electron chi connectivity index (χ2n) is 16.3. The molecule has 0 aromatic heterocycles. The fourth-order valence-electron chi connectivity index (χ4n) is 9.78. The van der Waals surface area contributed by atoms with Gasteiger partial charge in [-0.25, -0.2) is 0 Å². The summed E-state index contributed by atoms with van der Waals surface area (Å²) in [6.45, 7) is 6.02. The van der Waals surface area contributed by atoms with Gasteiger partial charge in [-0.05, 0) is 90.8 Å². The molecule has 3 amide bonds. The number of para-hydroxylation sites is 3. The molecule has 0 radical (unpaired) electrons. The smallest absolute Gasteiger partial charge is 0.266 e. The average Bonchev–Trinajstić information content (AvgIpc) is 3.58. The van der Waals surface area contributed by atoms with E-state index >= 15 is 4.79 Å². The molecule has 0 aliphatic carbocycles. The summed E-state index contributed by atoms with van der Waals surface area (Å²) in [4.78, 5) is 60.7. The van der Waals surface area contributed by atoms with Crippen LogP contribution in [-0.2, 0) is 39.4 Å². The van der Waals surface area contributed by atoms with Gasteiger partial charge in [0.05, 0.1) is 48.7 Å². The lowest BCUT2D eigenvalue weighted by Gasteiger charge is -2.37. The van der Waals surface area contributed by atoms with E-state index in [1.807, 2.05) is 123 Å². The Morgan fingerprint density at radius 1 is 0.879 bits per heavy atom. The average molecular weight is 859 g/mol. The minimum atomic E-state index is -3.07. The van der Waals surface area contributed by atoms with Gasteiger partial charge >= 0.3 is 0 Å². The van der Waals surface area contributed by atoms with Crippen molar-refractivity contribution < 1.29 is 33.8 Å². The first-order valence-corrected chi connectivity index (χ1v) is 23.5. The Balaban J connectivity index is 1.05. The highest BCUT2D eigenvalue weighted by molar-refractivity contribution is 9.10. The number of halogens is 1. The van der Waals surface area contributed by atoms with E-state index in [0.717, 1.165) is 21.2 Å². The third-order valence-electron chi connectivity index (χ3n) is 12.4. The molecule has 4 aliphatic rings. The molecular weight excluding hydrogens is 815 g/mol. The molecule has 58 heavy (non-hydrogen) atoms. The van der Waals surface area contributed by atoms with Crippen molar-refractivity contribution in [3.63, 3.8) is 0 Å². The van der Waals surface area contributed by atoms with Gasteiger partial charge in [0.1, 0.15) is 5.75 Å². The molecule has 1 saturated heterocycles. The van der Waals surface area contributed by atoms with Crippen molar-refractivity contribution in [1.82, 2.24) is 4.90 Å². The van der Waals surface area contributed by atoms with Crippen LogP contribution in [0.1, 0.15) is 46.0 Å². The Kier molecular flexibility index (Phi) is 9.68. The Bertz CT molecular complexity index is 2470. The van der Waals surface area contributed by atoms with E-state index in [2.05, 4.69) is 15.9 Å². The number of nitrogens with zero attached hydrogens (tertiary/aromatic N) is 3. The highest BCUT2D eigenvalue weighted by Gasteiger charge is 2.66. The Labute approximate surface area is 346 Å². The molecule has 1 fully saturated rings. The van der Waals surface area contributed by atoms with Crippen molar-refractivity contribution in [1.29, 1.82) is 0 Å². The number of amides is 3. The number of rotatable bonds is 7. The summed E-state index contributed by atoms with van der Waals surface area (Å²) in [5, 5.41) is 10.4. The number of anilines is 3. The number of hydrogen-bond acceptors (Lipinski definition) is 7.